The van der Waals surface area contributed by atoms with E-state index in [9.17, 15) is 4.79 Å². The summed E-state index contributed by atoms with van der Waals surface area (Å²) in [5.41, 5.74) is 0. The molecule has 2 heterocycles. The van der Waals surface area contributed by atoms with Gasteiger partial charge in [-0.3, -0.25) is 0 Å². The Bertz CT molecular complexity index is 416. The number of hydrogen-bond acceptors (Lipinski definition) is 4. The average molecular weight is 328 g/mol. The van der Waals surface area contributed by atoms with Gasteiger partial charge in [0.05, 0.1) is 6.61 Å². The number of nitrogens with one attached hydrogen (secondary N) is 1. The van der Waals surface area contributed by atoms with E-state index < -0.39 is 0 Å². The average Bonchev–Trinajstić information content (AvgIpc) is 2.42. The highest BCUT2D eigenvalue weighted by molar-refractivity contribution is 9.10. The quantitative estimate of drug-likeness (QED) is 0.927. The Morgan fingerprint density at radius 1 is 1.53 bits per heavy atom. The summed E-state index contributed by atoms with van der Waals surface area (Å²) in [4.78, 5) is 17.6. The number of nitrogens with zero attached hydrogens (tertiary/aromatic N) is 2. The Morgan fingerprint density at radius 3 is 2.84 bits per heavy atom. The van der Waals surface area contributed by atoms with Gasteiger partial charge in [0.25, 0.3) is 0 Å². The summed E-state index contributed by atoms with van der Waals surface area (Å²) in [7, 11) is 0. The first-order valence-corrected chi connectivity index (χ1v) is 7.28. The van der Waals surface area contributed by atoms with Gasteiger partial charge in [0, 0.05) is 29.8 Å². The molecule has 0 spiro atoms. The molecule has 6 heteroatoms. The van der Waals surface area contributed by atoms with E-state index >= 15 is 0 Å². The van der Waals surface area contributed by atoms with Crippen molar-refractivity contribution in [2.45, 2.75) is 25.8 Å². The molecule has 0 radical (unpaired) electrons. The van der Waals surface area contributed by atoms with Crippen LogP contribution in [0.2, 0.25) is 0 Å². The molecule has 1 fully saturated rings. The number of ether oxygens (including phenoxy) is 1. The Kier molecular flexibility index (Phi) is 5.01. The number of carbonyl (C=O) groups excluding carboxylic acids is 1. The predicted octanol–water partition coefficient (Wildman–Crippen LogP) is 2.88. The first-order chi connectivity index (χ1) is 9.19. The third kappa shape index (κ3) is 4.09. The van der Waals surface area contributed by atoms with Gasteiger partial charge in [0.2, 0.25) is 0 Å². The zero-order valence-electron chi connectivity index (χ0n) is 10.9. The zero-order chi connectivity index (χ0) is 13.7. The molecule has 0 bridgehead atoms. The lowest BCUT2D eigenvalue weighted by atomic mass is 10.1. The number of hydrogen-bond donors (Lipinski definition) is 1. The molecular formula is C13H18BrN3O2. The van der Waals surface area contributed by atoms with Gasteiger partial charge in [-0.1, -0.05) is 0 Å². The minimum Gasteiger partial charge on any atom is -0.450 e. The number of piperidine rings is 1. The Morgan fingerprint density at radius 2 is 2.26 bits per heavy atom. The number of anilines is 1. The topological polar surface area (TPSA) is 54.5 Å². The van der Waals surface area contributed by atoms with Gasteiger partial charge in [0.1, 0.15) is 5.82 Å². The van der Waals surface area contributed by atoms with Crippen LogP contribution in [0.25, 0.3) is 0 Å². The number of carbonyl (C=O) groups is 1. The molecule has 1 saturated heterocycles. The SMILES string of the molecule is CCOC(=O)N1CCC(Nc2ccc(Br)cn2)CC1. The van der Waals surface area contributed by atoms with Crippen LogP contribution < -0.4 is 5.32 Å². The summed E-state index contributed by atoms with van der Waals surface area (Å²) in [6, 6.07) is 4.27. The minimum atomic E-state index is -0.206. The van der Waals surface area contributed by atoms with Crippen LogP contribution in [0, 0.1) is 0 Å². The molecule has 0 aliphatic carbocycles. The van der Waals surface area contributed by atoms with Crippen LogP contribution in [0.1, 0.15) is 19.8 Å². The second-order valence-corrected chi connectivity index (χ2v) is 5.38. The van der Waals surface area contributed by atoms with E-state index in [0.29, 0.717) is 12.6 Å². The molecule has 1 aliphatic rings. The molecule has 1 N–H and O–H groups in total. The van der Waals surface area contributed by atoms with Crippen molar-refractivity contribution in [2.24, 2.45) is 0 Å². The van der Waals surface area contributed by atoms with Gasteiger partial charge < -0.3 is 15.0 Å². The molecule has 5 nitrogen and oxygen atoms in total. The molecule has 0 aromatic carbocycles. The van der Waals surface area contributed by atoms with Crippen molar-refractivity contribution in [3.05, 3.63) is 22.8 Å². The lowest BCUT2D eigenvalue weighted by molar-refractivity contribution is 0.0983. The third-order valence-electron chi connectivity index (χ3n) is 3.10. The van der Waals surface area contributed by atoms with E-state index in [1.54, 1.807) is 11.1 Å². The van der Waals surface area contributed by atoms with E-state index in [1.165, 1.54) is 0 Å². The lowest BCUT2D eigenvalue weighted by Gasteiger charge is -2.31. The van der Waals surface area contributed by atoms with Crippen molar-refractivity contribution in [2.75, 3.05) is 25.0 Å². The van der Waals surface area contributed by atoms with Crippen molar-refractivity contribution in [1.82, 2.24) is 9.88 Å². The molecule has 19 heavy (non-hydrogen) atoms. The normalized spacial score (nSPS) is 16.2. The fourth-order valence-electron chi connectivity index (χ4n) is 2.09. The molecular weight excluding hydrogens is 310 g/mol. The predicted molar refractivity (Wildman–Crippen MR) is 77.2 cm³/mol. The molecule has 1 amide bonds. The third-order valence-corrected chi connectivity index (χ3v) is 3.57. The van der Waals surface area contributed by atoms with Crippen molar-refractivity contribution in [3.63, 3.8) is 0 Å². The maximum absolute atomic E-state index is 11.6. The summed E-state index contributed by atoms with van der Waals surface area (Å²) in [6.07, 6.45) is 3.39. The van der Waals surface area contributed by atoms with Crippen molar-refractivity contribution >= 4 is 27.8 Å². The molecule has 0 atom stereocenters. The first kappa shape index (κ1) is 14.1. The number of amides is 1. The van der Waals surface area contributed by atoms with Crippen molar-refractivity contribution in [1.29, 1.82) is 0 Å². The van der Waals surface area contributed by atoms with Gasteiger partial charge in [-0.15, -0.1) is 0 Å². The largest absolute Gasteiger partial charge is 0.450 e. The Hall–Kier alpha value is -1.30. The number of likely N-dealkylation sites (tertiary alicyclic amines) is 1. The van der Waals surface area contributed by atoms with Gasteiger partial charge in [0.15, 0.2) is 0 Å². The standard InChI is InChI=1S/C13H18BrN3O2/c1-2-19-13(18)17-7-5-11(6-8-17)16-12-4-3-10(14)9-15-12/h3-4,9,11H,2,5-8H2,1H3,(H,15,16). The molecule has 104 valence electrons. The van der Waals surface area contributed by atoms with Crippen LogP contribution in [0.15, 0.2) is 22.8 Å². The molecule has 2 rings (SSSR count). The first-order valence-electron chi connectivity index (χ1n) is 6.49. The molecule has 1 aromatic rings. The summed E-state index contributed by atoms with van der Waals surface area (Å²) in [6.45, 7) is 3.71. The fourth-order valence-corrected chi connectivity index (χ4v) is 2.33. The molecule has 1 aromatic heterocycles. The van der Waals surface area contributed by atoms with Gasteiger partial charge in [-0.05, 0) is 47.8 Å². The Labute approximate surface area is 121 Å². The zero-order valence-corrected chi connectivity index (χ0v) is 12.5. The minimum absolute atomic E-state index is 0.206. The summed E-state index contributed by atoms with van der Waals surface area (Å²) in [5, 5.41) is 3.39. The Balaban J connectivity index is 1.80. The second-order valence-electron chi connectivity index (χ2n) is 4.47. The van der Waals surface area contributed by atoms with E-state index in [4.69, 9.17) is 4.74 Å². The molecule has 0 saturated carbocycles. The van der Waals surface area contributed by atoms with Crippen molar-refractivity contribution < 1.29 is 9.53 Å². The van der Waals surface area contributed by atoms with Gasteiger partial charge >= 0.3 is 6.09 Å². The van der Waals surface area contributed by atoms with Crippen LogP contribution in [0.4, 0.5) is 10.6 Å². The van der Waals surface area contributed by atoms with Gasteiger partial charge in [-0.25, -0.2) is 9.78 Å². The van der Waals surface area contributed by atoms with Crippen LogP contribution in [-0.4, -0.2) is 41.7 Å². The van der Waals surface area contributed by atoms with Crippen LogP contribution in [-0.2, 0) is 4.74 Å². The van der Waals surface area contributed by atoms with Crippen LogP contribution in [0.5, 0.6) is 0 Å². The summed E-state index contributed by atoms with van der Waals surface area (Å²) in [5.74, 6) is 0.873. The summed E-state index contributed by atoms with van der Waals surface area (Å²) < 4.78 is 5.96. The van der Waals surface area contributed by atoms with E-state index in [1.807, 2.05) is 19.1 Å². The monoisotopic (exact) mass is 327 g/mol. The van der Waals surface area contributed by atoms with Gasteiger partial charge in [-0.2, -0.15) is 0 Å². The van der Waals surface area contributed by atoms with E-state index in [-0.39, 0.29) is 6.09 Å². The van der Waals surface area contributed by atoms with E-state index in [0.717, 1.165) is 36.2 Å². The maximum atomic E-state index is 11.6. The smallest absolute Gasteiger partial charge is 0.409 e. The number of pyridine rings is 1. The molecule has 1 aliphatic heterocycles. The fraction of sp³-hybridized carbons (Fsp3) is 0.538. The number of aromatic nitrogens is 1. The highest BCUT2D eigenvalue weighted by Gasteiger charge is 2.23. The van der Waals surface area contributed by atoms with Crippen LogP contribution >= 0.6 is 15.9 Å². The van der Waals surface area contributed by atoms with Crippen LogP contribution in [0.3, 0.4) is 0 Å². The number of halogens is 1. The second kappa shape index (κ2) is 6.75. The summed E-state index contributed by atoms with van der Waals surface area (Å²) >= 11 is 3.36. The molecule has 0 unspecified atom stereocenters. The highest BCUT2D eigenvalue weighted by Crippen LogP contribution is 2.17. The highest BCUT2D eigenvalue weighted by atomic mass is 79.9. The van der Waals surface area contributed by atoms with Crippen molar-refractivity contribution in [3.8, 4) is 0 Å². The van der Waals surface area contributed by atoms with E-state index in [2.05, 4.69) is 26.2 Å². The number of rotatable bonds is 3. The lowest BCUT2D eigenvalue weighted by Crippen LogP contribution is -2.42. The maximum Gasteiger partial charge on any atom is 0.409 e.